The molecule has 0 saturated carbocycles. The molecule has 1 atom stereocenters. The molecule has 1 aliphatic heterocycles. The van der Waals surface area contributed by atoms with Gasteiger partial charge >= 0.3 is 0 Å². The number of aromatic nitrogens is 1. The molecule has 7 nitrogen and oxygen atoms in total. The van der Waals surface area contributed by atoms with Crippen LogP contribution in [0.4, 0.5) is 0 Å². The van der Waals surface area contributed by atoms with Crippen molar-refractivity contribution < 1.29 is 19.8 Å². The van der Waals surface area contributed by atoms with E-state index in [4.69, 9.17) is 5.11 Å². The SMILES string of the molecule is O=C(Cc1cc(O)[nH]c1O)NC1CNC1=O. The molecule has 0 spiro atoms. The first-order valence-electron chi connectivity index (χ1n) is 4.73. The number of hydrogen-bond acceptors (Lipinski definition) is 4. The van der Waals surface area contributed by atoms with Crippen molar-refractivity contribution in [3.8, 4) is 11.8 Å². The summed E-state index contributed by atoms with van der Waals surface area (Å²) >= 11 is 0. The summed E-state index contributed by atoms with van der Waals surface area (Å²) in [6.45, 7) is 0.426. The average Bonchev–Trinajstić information content (AvgIpc) is 2.52. The first-order valence-corrected chi connectivity index (χ1v) is 4.73. The third-order valence-corrected chi connectivity index (χ3v) is 2.34. The summed E-state index contributed by atoms with van der Waals surface area (Å²) in [6, 6.07) is 0.776. The Morgan fingerprint density at radius 1 is 1.56 bits per heavy atom. The lowest BCUT2D eigenvalue weighted by molar-refractivity contribution is -0.133. The van der Waals surface area contributed by atoms with Crippen LogP contribution < -0.4 is 10.6 Å². The van der Waals surface area contributed by atoms with Gasteiger partial charge in [-0.05, 0) is 0 Å². The van der Waals surface area contributed by atoms with Crippen LogP contribution in [0, 0.1) is 0 Å². The first kappa shape index (κ1) is 10.3. The molecule has 0 radical (unpaired) electrons. The van der Waals surface area contributed by atoms with Gasteiger partial charge in [0, 0.05) is 18.2 Å². The number of aromatic hydroxyl groups is 2. The van der Waals surface area contributed by atoms with Gasteiger partial charge < -0.3 is 20.8 Å². The molecule has 16 heavy (non-hydrogen) atoms. The van der Waals surface area contributed by atoms with Gasteiger partial charge in [0.25, 0.3) is 0 Å². The summed E-state index contributed by atoms with van der Waals surface area (Å²) in [5.41, 5.74) is 0.287. The summed E-state index contributed by atoms with van der Waals surface area (Å²) in [5.74, 6) is -1.05. The van der Waals surface area contributed by atoms with Crippen molar-refractivity contribution in [1.82, 2.24) is 15.6 Å². The van der Waals surface area contributed by atoms with E-state index in [-0.39, 0.29) is 35.6 Å². The molecule has 1 aromatic heterocycles. The molecule has 1 unspecified atom stereocenters. The zero-order valence-electron chi connectivity index (χ0n) is 8.28. The molecule has 0 aliphatic carbocycles. The number of rotatable bonds is 3. The number of carbonyl (C=O) groups is 2. The van der Waals surface area contributed by atoms with E-state index in [2.05, 4.69) is 15.6 Å². The Hall–Kier alpha value is -2.18. The molecule has 1 saturated heterocycles. The van der Waals surface area contributed by atoms with Crippen molar-refractivity contribution >= 4 is 11.8 Å². The fraction of sp³-hybridized carbons (Fsp3) is 0.333. The molecule has 7 heteroatoms. The minimum absolute atomic E-state index is 0.0906. The van der Waals surface area contributed by atoms with Gasteiger partial charge in [-0.3, -0.25) is 14.6 Å². The molecule has 0 bridgehead atoms. The number of nitrogens with one attached hydrogen (secondary N) is 3. The van der Waals surface area contributed by atoms with E-state index in [1.165, 1.54) is 6.07 Å². The largest absolute Gasteiger partial charge is 0.495 e. The van der Waals surface area contributed by atoms with E-state index in [1.807, 2.05) is 0 Å². The van der Waals surface area contributed by atoms with Crippen LogP contribution in [-0.2, 0) is 16.0 Å². The molecule has 1 aromatic rings. The van der Waals surface area contributed by atoms with Gasteiger partial charge in [0.05, 0.1) is 6.42 Å². The lowest BCUT2D eigenvalue weighted by Crippen LogP contribution is -2.61. The number of H-pyrrole nitrogens is 1. The average molecular weight is 225 g/mol. The van der Waals surface area contributed by atoms with E-state index >= 15 is 0 Å². The van der Waals surface area contributed by atoms with Crippen molar-refractivity contribution in [2.45, 2.75) is 12.5 Å². The highest BCUT2D eigenvalue weighted by Crippen LogP contribution is 2.21. The number of aromatic amines is 1. The summed E-state index contributed by atoms with van der Waals surface area (Å²) in [5, 5.41) is 23.3. The molecule has 0 aromatic carbocycles. The summed E-state index contributed by atoms with van der Waals surface area (Å²) < 4.78 is 0. The van der Waals surface area contributed by atoms with Gasteiger partial charge in [0.2, 0.25) is 11.8 Å². The maximum absolute atomic E-state index is 11.4. The first-order chi connectivity index (χ1) is 7.56. The number of carbonyl (C=O) groups excluding carboxylic acids is 2. The fourth-order valence-electron chi connectivity index (χ4n) is 1.43. The highest BCUT2D eigenvalue weighted by atomic mass is 16.3. The molecule has 2 amide bonds. The summed E-state index contributed by atoms with van der Waals surface area (Å²) in [7, 11) is 0. The van der Waals surface area contributed by atoms with E-state index < -0.39 is 6.04 Å². The van der Waals surface area contributed by atoms with Crippen molar-refractivity contribution in [3.05, 3.63) is 11.6 Å². The van der Waals surface area contributed by atoms with Crippen LogP contribution in [0.15, 0.2) is 6.07 Å². The fourth-order valence-corrected chi connectivity index (χ4v) is 1.43. The second-order valence-electron chi connectivity index (χ2n) is 3.57. The maximum Gasteiger partial charge on any atom is 0.244 e. The Balaban J connectivity index is 1.92. The third kappa shape index (κ3) is 1.92. The minimum atomic E-state index is -0.484. The van der Waals surface area contributed by atoms with Gasteiger partial charge in [0.1, 0.15) is 6.04 Å². The number of hydrogen-bond donors (Lipinski definition) is 5. The predicted molar refractivity (Wildman–Crippen MR) is 52.8 cm³/mol. The topological polar surface area (TPSA) is 114 Å². The maximum atomic E-state index is 11.4. The van der Waals surface area contributed by atoms with Crippen LogP contribution in [0.2, 0.25) is 0 Å². The molecule has 86 valence electrons. The Labute approximate surface area is 90.5 Å². The molecule has 5 N–H and O–H groups in total. The second kappa shape index (κ2) is 3.76. The Bertz CT molecular complexity index is 440. The van der Waals surface area contributed by atoms with Gasteiger partial charge in [-0.2, -0.15) is 0 Å². The van der Waals surface area contributed by atoms with Crippen molar-refractivity contribution in [3.63, 3.8) is 0 Å². The summed E-state index contributed by atoms with van der Waals surface area (Å²) in [4.78, 5) is 24.5. The Morgan fingerprint density at radius 2 is 2.31 bits per heavy atom. The molecule has 1 fully saturated rings. The zero-order valence-corrected chi connectivity index (χ0v) is 8.28. The zero-order chi connectivity index (χ0) is 11.7. The molecular weight excluding hydrogens is 214 g/mol. The van der Waals surface area contributed by atoms with Gasteiger partial charge in [0.15, 0.2) is 11.8 Å². The van der Waals surface area contributed by atoms with Crippen LogP contribution in [0.25, 0.3) is 0 Å². The number of amides is 2. The van der Waals surface area contributed by atoms with Crippen molar-refractivity contribution in [1.29, 1.82) is 0 Å². The smallest absolute Gasteiger partial charge is 0.244 e. The van der Waals surface area contributed by atoms with E-state index in [1.54, 1.807) is 0 Å². The molecule has 2 heterocycles. The highest BCUT2D eigenvalue weighted by molar-refractivity contribution is 5.92. The van der Waals surface area contributed by atoms with Gasteiger partial charge in [-0.25, -0.2) is 0 Å². The molecule has 2 rings (SSSR count). The van der Waals surface area contributed by atoms with Crippen LogP contribution in [0.5, 0.6) is 11.8 Å². The standard InChI is InChI=1S/C9H11N3O4/c13-6(11-5-3-10-9(5)16)1-4-2-7(14)12-8(4)15/h2,5,12,14-15H,1,3H2,(H,10,16)(H,11,13). The van der Waals surface area contributed by atoms with Crippen molar-refractivity contribution in [2.75, 3.05) is 6.54 Å². The van der Waals surface area contributed by atoms with Crippen LogP contribution >= 0.6 is 0 Å². The van der Waals surface area contributed by atoms with E-state index in [9.17, 15) is 14.7 Å². The quantitative estimate of drug-likeness (QED) is 0.406. The van der Waals surface area contributed by atoms with Gasteiger partial charge in [-0.15, -0.1) is 0 Å². The Kier molecular flexibility index (Phi) is 2.43. The Morgan fingerprint density at radius 3 is 2.75 bits per heavy atom. The lowest BCUT2D eigenvalue weighted by Gasteiger charge is -2.26. The normalized spacial score (nSPS) is 18.8. The molecule has 1 aliphatic rings. The molecular formula is C9H11N3O4. The highest BCUT2D eigenvalue weighted by Gasteiger charge is 2.29. The minimum Gasteiger partial charge on any atom is -0.495 e. The second-order valence-corrected chi connectivity index (χ2v) is 3.57. The predicted octanol–water partition coefficient (Wildman–Crippen LogP) is -1.42. The van der Waals surface area contributed by atoms with E-state index in [0.29, 0.717) is 6.54 Å². The third-order valence-electron chi connectivity index (χ3n) is 2.34. The van der Waals surface area contributed by atoms with Crippen LogP contribution in [0.3, 0.4) is 0 Å². The van der Waals surface area contributed by atoms with Gasteiger partial charge in [-0.1, -0.05) is 0 Å². The number of β-lactam (4-membered cyclic amide) rings is 1. The van der Waals surface area contributed by atoms with Crippen molar-refractivity contribution in [2.24, 2.45) is 0 Å². The van der Waals surface area contributed by atoms with E-state index in [0.717, 1.165) is 0 Å². The van der Waals surface area contributed by atoms with Crippen LogP contribution in [0.1, 0.15) is 5.56 Å². The lowest BCUT2D eigenvalue weighted by atomic mass is 10.1. The summed E-state index contributed by atoms with van der Waals surface area (Å²) in [6.07, 6.45) is -0.0906. The monoisotopic (exact) mass is 225 g/mol. The van der Waals surface area contributed by atoms with Crippen LogP contribution in [-0.4, -0.2) is 39.6 Å².